The molecule has 8 nitrogen and oxygen atoms in total. The molecule has 1 atom stereocenters. The van der Waals surface area contributed by atoms with Crippen LogP contribution in [0, 0.1) is 5.82 Å². The van der Waals surface area contributed by atoms with Crippen LogP contribution in [0.3, 0.4) is 0 Å². The molecule has 2 N–H and O–H groups in total. The van der Waals surface area contributed by atoms with Crippen molar-refractivity contribution in [1.29, 1.82) is 0 Å². The standard InChI is InChI=1S/C20H14F4N6O2/c1-29(15-7-32-16-3-9(20(22,23)24)2-10(21)17(15)16)19(31)11-4-13-12(5-27-11)28-18(25)14-6-26-8-30(13)14/h2-6,8,15H,7H2,1H3,(H2,25,28)/i1D3. The van der Waals surface area contributed by atoms with Crippen LogP contribution in [0.5, 0.6) is 5.75 Å². The summed E-state index contributed by atoms with van der Waals surface area (Å²) in [6.45, 7) is -3.67. The molecule has 0 fully saturated rings. The average molecular weight is 449 g/mol. The zero-order valence-corrected chi connectivity index (χ0v) is 15.9. The quantitative estimate of drug-likeness (QED) is 0.472. The largest absolute Gasteiger partial charge is 0.491 e. The summed E-state index contributed by atoms with van der Waals surface area (Å²) in [5, 5.41) is 0. The number of nitrogens with zero attached hydrogens (tertiary/aromatic N) is 5. The van der Waals surface area contributed by atoms with Crippen LogP contribution >= 0.6 is 0 Å². The number of halogens is 4. The monoisotopic (exact) mass is 449 g/mol. The minimum absolute atomic E-state index is 0.161. The highest BCUT2D eigenvalue weighted by atomic mass is 19.4. The third-order valence-corrected chi connectivity index (χ3v) is 5.16. The maximum atomic E-state index is 14.8. The zero-order valence-electron chi connectivity index (χ0n) is 18.9. The molecule has 0 bridgehead atoms. The van der Waals surface area contributed by atoms with Gasteiger partial charge in [-0.25, -0.2) is 19.3 Å². The predicted octanol–water partition coefficient (Wildman–Crippen LogP) is 3.22. The SMILES string of the molecule is [2H]C([2H])([2H])N(C(=O)c1cc2c(cn1)nc(N)c1cncn12)C1COc2cc(C(F)(F)F)cc(F)c21. The molecule has 1 aromatic carbocycles. The Bertz CT molecular complexity index is 1500. The molecule has 1 aliphatic rings. The van der Waals surface area contributed by atoms with Crippen LogP contribution in [0.1, 0.15) is 31.8 Å². The molecule has 0 saturated carbocycles. The Morgan fingerprint density at radius 3 is 2.88 bits per heavy atom. The van der Waals surface area contributed by atoms with Gasteiger partial charge in [-0.3, -0.25) is 9.20 Å². The van der Waals surface area contributed by atoms with Crippen LogP contribution < -0.4 is 10.5 Å². The highest BCUT2D eigenvalue weighted by molar-refractivity contribution is 5.96. The molecule has 1 aliphatic heterocycles. The number of likely N-dealkylation sites (N-methyl/N-ethyl adjacent to an activating group) is 1. The van der Waals surface area contributed by atoms with Crippen LogP contribution in [0.25, 0.3) is 16.6 Å². The van der Waals surface area contributed by atoms with Gasteiger partial charge in [-0.2, -0.15) is 13.2 Å². The molecule has 0 saturated heterocycles. The number of hydrogen-bond donors (Lipinski definition) is 1. The van der Waals surface area contributed by atoms with E-state index < -0.39 is 54.4 Å². The summed E-state index contributed by atoms with van der Waals surface area (Å²) >= 11 is 0. The summed E-state index contributed by atoms with van der Waals surface area (Å²) in [6.07, 6.45) is -0.767. The third kappa shape index (κ3) is 2.98. The normalized spacial score (nSPS) is 17.5. The van der Waals surface area contributed by atoms with Gasteiger partial charge in [-0.05, 0) is 18.2 Å². The van der Waals surface area contributed by atoms with Crippen LogP contribution in [0.4, 0.5) is 23.4 Å². The van der Waals surface area contributed by atoms with Gasteiger partial charge in [0.05, 0.1) is 41.4 Å². The number of pyridine rings is 1. The molecule has 1 unspecified atom stereocenters. The van der Waals surface area contributed by atoms with Gasteiger partial charge in [0.1, 0.15) is 40.7 Å². The summed E-state index contributed by atoms with van der Waals surface area (Å²) < 4.78 is 84.4. The maximum absolute atomic E-state index is 14.8. The topological polar surface area (TPSA) is 98.6 Å². The number of carbonyl (C=O) groups excluding carboxylic acids is 1. The van der Waals surface area contributed by atoms with Crippen LogP contribution in [-0.2, 0) is 6.18 Å². The Kier molecular flexibility index (Phi) is 3.53. The molecule has 164 valence electrons. The van der Waals surface area contributed by atoms with E-state index in [-0.39, 0.29) is 17.6 Å². The number of ether oxygens (including phenoxy) is 1. The van der Waals surface area contributed by atoms with Crippen molar-refractivity contribution < 1.29 is 31.2 Å². The number of amides is 1. The number of rotatable bonds is 2. The molecule has 12 heteroatoms. The van der Waals surface area contributed by atoms with Gasteiger partial charge in [0.15, 0.2) is 0 Å². The van der Waals surface area contributed by atoms with E-state index in [1.165, 1.54) is 29.2 Å². The van der Waals surface area contributed by atoms with E-state index in [1.54, 1.807) is 0 Å². The van der Waals surface area contributed by atoms with Crippen LogP contribution in [-0.4, -0.2) is 43.7 Å². The minimum atomic E-state index is -4.85. The lowest BCUT2D eigenvalue weighted by atomic mass is 10.0. The number of aromatic nitrogens is 4. The molecular formula is C20H14F4N6O2. The second-order valence-corrected chi connectivity index (χ2v) is 7.07. The summed E-state index contributed by atoms with van der Waals surface area (Å²) in [7, 11) is 0. The number of imidazole rings is 1. The number of nitrogens with two attached hydrogens (primary N) is 1. The van der Waals surface area contributed by atoms with E-state index in [1.807, 2.05) is 0 Å². The molecule has 0 spiro atoms. The highest BCUT2D eigenvalue weighted by Gasteiger charge is 2.38. The lowest BCUT2D eigenvalue weighted by Gasteiger charge is -2.23. The fraction of sp³-hybridized carbons (Fsp3) is 0.200. The molecule has 4 aromatic rings. The fourth-order valence-corrected chi connectivity index (χ4v) is 3.62. The first-order valence-electron chi connectivity index (χ1n) is 10.6. The third-order valence-electron chi connectivity index (χ3n) is 5.16. The van der Waals surface area contributed by atoms with Crippen LogP contribution in [0.2, 0.25) is 0 Å². The van der Waals surface area contributed by atoms with Gasteiger partial charge >= 0.3 is 6.18 Å². The Morgan fingerprint density at radius 1 is 1.31 bits per heavy atom. The number of fused-ring (bicyclic) bond motifs is 4. The summed E-state index contributed by atoms with van der Waals surface area (Å²) in [5.41, 5.74) is 4.88. The lowest BCUT2D eigenvalue weighted by molar-refractivity contribution is -0.137. The highest BCUT2D eigenvalue weighted by Crippen LogP contribution is 2.42. The molecule has 3 aromatic heterocycles. The molecule has 4 heterocycles. The van der Waals surface area contributed by atoms with E-state index >= 15 is 0 Å². The number of anilines is 1. The fourth-order valence-electron chi connectivity index (χ4n) is 3.62. The molecule has 0 radical (unpaired) electrons. The van der Waals surface area contributed by atoms with Crippen molar-refractivity contribution in [1.82, 2.24) is 24.3 Å². The second kappa shape index (κ2) is 6.77. The van der Waals surface area contributed by atoms with Crippen molar-refractivity contribution in [2.24, 2.45) is 0 Å². The lowest BCUT2D eigenvalue weighted by Crippen LogP contribution is -2.33. The molecule has 5 rings (SSSR count). The number of carbonyl (C=O) groups is 1. The van der Waals surface area contributed by atoms with Crippen molar-refractivity contribution in [3.05, 3.63) is 59.6 Å². The van der Waals surface area contributed by atoms with Crippen molar-refractivity contribution in [2.45, 2.75) is 12.2 Å². The molecule has 1 amide bonds. The Balaban J connectivity index is 1.61. The van der Waals surface area contributed by atoms with E-state index in [9.17, 15) is 22.4 Å². The van der Waals surface area contributed by atoms with E-state index in [0.29, 0.717) is 27.5 Å². The van der Waals surface area contributed by atoms with E-state index in [2.05, 4.69) is 15.0 Å². The van der Waals surface area contributed by atoms with Gasteiger partial charge in [-0.1, -0.05) is 0 Å². The number of hydrogen-bond acceptors (Lipinski definition) is 6. The zero-order chi connectivity index (χ0) is 25.3. The Labute approximate surface area is 181 Å². The van der Waals surface area contributed by atoms with Gasteiger partial charge in [0.2, 0.25) is 0 Å². The summed E-state index contributed by atoms with van der Waals surface area (Å²) in [5.74, 6) is -2.78. The second-order valence-electron chi connectivity index (χ2n) is 7.07. The molecular weight excluding hydrogens is 432 g/mol. The van der Waals surface area contributed by atoms with E-state index in [0.717, 1.165) is 0 Å². The van der Waals surface area contributed by atoms with Crippen molar-refractivity contribution in [3.8, 4) is 5.75 Å². The Morgan fingerprint density at radius 2 is 2.12 bits per heavy atom. The minimum Gasteiger partial charge on any atom is -0.491 e. The first kappa shape index (κ1) is 16.7. The van der Waals surface area contributed by atoms with Gasteiger partial charge < -0.3 is 15.4 Å². The van der Waals surface area contributed by atoms with Crippen LogP contribution in [0.15, 0.2) is 36.9 Å². The predicted molar refractivity (Wildman–Crippen MR) is 104 cm³/mol. The Hall–Kier alpha value is -3.96. The molecule has 32 heavy (non-hydrogen) atoms. The first-order valence-corrected chi connectivity index (χ1v) is 9.10. The van der Waals surface area contributed by atoms with Crippen molar-refractivity contribution in [3.63, 3.8) is 0 Å². The van der Waals surface area contributed by atoms with E-state index in [4.69, 9.17) is 14.6 Å². The van der Waals surface area contributed by atoms with Gasteiger partial charge in [-0.15, -0.1) is 0 Å². The smallest absolute Gasteiger partial charge is 0.416 e. The summed E-state index contributed by atoms with van der Waals surface area (Å²) in [6, 6.07) is 0.559. The number of alkyl halides is 3. The van der Waals surface area contributed by atoms with Gasteiger partial charge in [0.25, 0.3) is 5.91 Å². The maximum Gasteiger partial charge on any atom is 0.416 e. The summed E-state index contributed by atoms with van der Waals surface area (Å²) in [4.78, 5) is 25.9. The first-order chi connectivity index (χ1) is 16.4. The van der Waals surface area contributed by atoms with Crippen molar-refractivity contribution in [2.75, 3.05) is 19.3 Å². The number of nitrogen functional groups attached to an aromatic ring is 1. The average Bonchev–Trinajstić information content (AvgIpc) is 3.40. The van der Waals surface area contributed by atoms with Gasteiger partial charge in [0, 0.05) is 11.1 Å². The number of benzene rings is 1. The molecule has 0 aliphatic carbocycles. The van der Waals surface area contributed by atoms with Crippen molar-refractivity contribution >= 4 is 28.3 Å².